The number of rotatable bonds is 22. The lowest BCUT2D eigenvalue weighted by Crippen LogP contribution is -2.59. The summed E-state index contributed by atoms with van der Waals surface area (Å²) in [5, 5.41) is 40.2. The number of alkyl halides is 1. The van der Waals surface area contributed by atoms with Crippen LogP contribution in [0.2, 0.25) is 0 Å². The number of amides is 3. The Labute approximate surface area is 555 Å². The van der Waals surface area contributed by atoms with Gasteiger partial charge in [-0.2, -0.15) is 0 Å². The molecule has 7 heterocycles. The number of hydrogen-bond donors (Lipinski definition) is 5. The van der Waals surface area contributed by atoms with Crippen LogP contribution in [0.4, 0.5) is 30.7 Å². The van der Waals surface area contributed by atoms with Gasteiger partial charge in [-0.15, -0.1) is 32.9 Å². The Bertz CT molecular complexity index is 4160. The van der Waals surface area contributed by atoms with Crippen molar-refractivity contribution in [3.63, 3.8) is 0 Å². The van der Waals surface area contributed by atoms with Crippen molar-refractivity contribution in [1.82, 2.24) is 50.5 Å². The lowest BCUT2D eigenvalue weighted by atomic mass is 9.85. The summed E-state index contributed by atoms with van der Waals surface area (Å²) in [6.45, 7) is 14.9. The van der Waals surface area contributed by atoms with Crippen molar-refractivity contribution in [2.24, 2.45) is 5.41 Å². The molecular formula is C69H74F2N12O8S3. The summed E-state index contributed by atoms with van der Waals surface area (Å²) in [5.41, 5.74) is 7.01. The van der Waals surface area contributed by atoms with E-state index in [0.717, 1.165) is 99.3 Å². The molecule has 3 aliphatic heterocycles. The third-order valence-electron chi connectivity index (χ3n) is 17.5. The molecule has 3 amide bonds. The standard InChI is InChI=1S/C69H74F2N12O8S3/c1-41-49-12-9-27-82(61(49)79-78-60(41)77-66-74-51-13-6-7-14-55(51)93-66)67-75-57(64(87)88)56(94-67)15-10-32-90-53-23-20-43(33-50(53)70)11-8-26-80-28-30-81(31-29-80)37-44-16-18-45(19-17-44)39-91-54-34-46(58-42(2)73-40-92-58)21-22-47(54)36-72-62(85)52-35-48(84)38-83(52)63(86)59(68(3,4)5)76-65(89)69(71)24-25-69/h6-7,13-14,16-23,33-34,40,48,52,59,84H,9-10,12,15,24-32,35-39H2,1-5H3,(H,72,85)(H,76,89)(H,87,88)(H,74,77,78)/t48-,52+,59-/m1/s1. The van der Waals surface area contributed by atoms with E-state index in [1.807, 2.05) is 73.3 Å². The Morgan fingerprint density at radius 2 is 1.67 bits per heavy atom. The highest BCUT2D eigenvalue weighted by Gasteiger charge is 2.53. The van der Waals surface area contributed by atoms with E-state index in [1.165, 1.54) is 33.6 Å². The van der Waals surface area contributed by atoms with Gasteiger partial charge in [0, 0.05) is 85.9 Å². The highest BCUT2D eigenvalue weighted by Crippen LogP contribution is 2.42. The second-order valence-corrected chi connectivity index (χ2v) is 28.4. The molecule has 4 aliphatic rings. The predicted molar refractivity (Wildman–Crippen MR) is 358 cm³/mol. The van der Waals surface area contributed by atoms with E-state index in [2.05, 4.69) is 74.9 Å². The van der Waals surface area contributed by atoms with Crippen LogP contribution >= 0.6 is 34.0 Å². The Balaban J connectivity index is 0.589. The van der Waals surface area contributed by atoms with Crippen LogP contribution in [0.1, 0.15) is 107 Å². The highest BCUT2D eigenvalue weighted by atomic mass is 32.1. The van der Waals surface area contributed by atoms with Crippen LogP contribution in [0.15, 0.2) is 90.4 Å². The maximum absolute atomic E-state index is 15.4. The molecule has 2 saturated heterocycles. The fourth-order valence-electron chi connectivity index (χ4n) is 11.9. The minimum absolute atomic E-state index is 0.00972. The molecule has 94 heavy (non-hydrogen) atoms. The number of nitrogens with zero attached hydrogens (tertiary/aromatic N) is 9. The van der Waals surface area contributed by atoms with Gasteiger partial charge in [-0.1, -0.05) is 92.5 Å². The van der Waals surface area contributed by atoms with Gasteiger partial charge >= 0.3 is 5.97 Å². The number of thiazole rings is 3. The van der Waals surface area contributed by atoms with Crippen molar-refractivity contribution in [3.8, 4) is 33.8 Å². The number of hydrogen-bond acceptors (Lipinski definition) is 19. The van der Waals surface area contributed by atoms with Crippen molar-refractivity contribution in [2.75, 3.05) is 62.6 Å². The van der Waals surface area contributed by atoms with Gasteiger partial charge in [-0.3, -0.25) is 24.2 Å². The molecule has 0 bridgehead atoms. The molecule has 8 aromatic rings. The molecule has 0 radical (unpaired) electrons. The number of fused-ring (bicyclic) bond motifs is 2. The van der Waals surface area contributed by atoms with E-state index in [0.29, 0.717) is 64.5 Å². The van der Waals surface area contributed by atoms with E-state index in [9.17, 15) is 33.8 Å². The Hall–Kier alpha value is -8.51. The molecule has 3 atom stereocenters. The van der Waals surface area contributed by atoms with Crippen LogP contribution in [0.5, 0.6) is 11.5 Å². The molecule has 490 valence electrons. The highest BCUT2D eigenvalue weighted by molar-refractivity contribution is 7.22. The molecule has 0 unspecified atom stereocenters. The Kier molecular flexibility index (Phi) is 19.7. The number of halogens is 2. The number of β-amino-alcohol motifs (C(OH)–C–C–N with tert-alkyl or cyclic N) is 1. The molecule has 25 heteroatoms. The van der Waals surface area contributed by atoms with Crippen molar-refractivity contribution < 1.29 is 47.6 Å². The summed E-state index contributed by atoms with van der Waals surface area (Å²) in [6, 6.07) is 24.6. The van der Waals surface area contributed by atoms with Crippen molar-refractivity contribution >= 4 is 89.8 Å². The second-order valence-electron chi connectivity index (χ2n) is 25.4. The summed E-state index contributed by atoms with van der Waals surface area (Å²) >= 11 is 4.37. The predicted octanol–water partition coefficient (Wildman–Crippen LogP) is 10.3. The molecule has 20 nitrogen and oxygen atoms in total. The lowest BCUT2D eigenvalue weighted by Gasteiger charge is -2.35. The first-order chi connectivity index (χ1) is 45.2. The van der Waals surface area contributed by atoms with E-state index in [1.54, 1.807) is 49.8 Å². The quantitative estimate of drug-likeness (QED) is 0.0313. The summed E-state index contributed by atoms with van der Waals surface area (Å²) in [7, 11) is 0. The van der Waals surface area contributed by atoms with Crippen LogP contribution in [-0.4, -0.2) is 150 Å². The maximum Gasteiger partial charge on any atom is 0.355 e. The number of aromatic nitrogens is 5. The van der Waals surface area contributed by atoms with E-state index in [4.69, 9.17) is 9.47 Å². The van der Waals surface area contributed by atoms with Gasteiger partial charge in [-0.05, 0) is 111 Å². The summed E-state index contributed by atoms with van der Waals surface area (Å²) in [6.07, 6.45) is 1.68. The first-order valence-electron chi connectivity index (χ1n) is 31.6. The minimum atomic E-state index is -1.99. The van der Waals surface area contributed by atoms with Crippen LogP contribution in [0.3, 0.4) is 0 Å². The SMILES string of the molecule is Cc1ncsc1-c1ccc(CNC(=O)[C@@H]2C[C@@H](O)CN2C(=O)[C@@H](NC(=O)C2(F)CC2)C(C)(C)C)c(OCc2ccc(CN3CCN(CC#Cc4ccc(OCCCc5sc(N6CCCc7c6nnc(Nc6nc8ccccc8s6)c7C)nc5C(=O)O)c(F)c4)CC3)cc2)c1. The second kappa shape index (κ2) is 28.2. The molecule has 1 aliphatic carbocycles. The number of piperazine rings is 1. The molecular weight excluding hydrogens is 1260 g/mol. The van der Waals surface area contributed by atoms with Gasteiger partial charge in [0.25, 0.3) is 5.91 Å². The Morgan fingerprint density at radius 1 is 0.894 bits per heavy atom. The fraction of sp³-hybridized carbons (Fsp3) is 0.406. The third kappa shape index (κ3) is 15.2. The number of ether oxygens (including phenoxy) is 2. The third-order valence-corrected chi connectivity index (χ3v) is 20.5. The number of anilines is 4. The monoisotopic (exact) mass is 1330 g/mol. The van der Waals surface area contributed by atoms with Crippen LogP contribution in [0.25, 0.3) is 20.7 Å². The van der Waals surface area contributed by atoms with Crippen LogP contribution in [0, 0.1) is 36.9 Å². The molecule has 4 aromatic carbocycles. The number of carbonyl (C=O) groups is 4. The largest absolute Gasteiger partial charge is 0.491 e. The summed E-state index contributed by atoms with van der Waals surface area (Å²) in [5.74, 6) is 4.77. The number of benzene rings is 4. The molecule has 3 fully saturated rings. The number of aromatic carboxylic acids is 1. The number of carbonyl (C=O) groups excluding carboxylic acids is 3. The van der Waals surface area contributed by atoms with Crippen molar-refractivity contribution in [2.45, 2.75) is 123 Å². The lowest BCUT2D eigenvalue weighted by molar-refractivity contribution is -0.145. The first-order valence-corrected chi connectivity index (χ1v) is 34.1. The van der Waals surface area contributed by atoms with Crippen molar-refractivity contribution in [3.05, 3.63) is 146 Å². The molecule has 12 rings (SSSR count). The normalized spacial score (nSPS) is 17.4. The number of likely N-dealkylation sites (tertiary alicyclic amines) is 1. The van der Waals surface area contributed by atoms with E-state index in [-0.39, 0.29) is 57.0 Å². The smallest absolute Gasteiger partial charge is 0.355 e. The number of nitrogens with one attached hydrogen (secondary N) is 3. The van der Waals surface area contributed by atoms with Gasteiger partial charge in [-0.25, -0.2) is 28.5 Å². The number of para-hydroxylation sites is 1. The minimum Gasteiger partial charge on any atom is -0.491 e. The van der Waals surface area contributed by atoms with Gasteiger partial charge in [0.1, 0.15) is 24.4 Å². The number of aliphatic hydroxyl groups is 1. The van der Waals surface area contributed by atoms with Gasteiger partial charge in [0.05, 0.1) is 45.6 Å². The molecule has 4 aromatic heterocycles. The van der Waals surface area contributed by atoms with E-state index < -0.39 is 58.8 Å². The van der Waals surface area contributed by atoms with Crippen LogP contribution < -0.4 is 30.3 Å². The average Bonchev–Trinajstić information content (AvgIpc) is 1.49. The maximum atomic E-state index is 15.4. The fourth-order valence-corrected chi connectivity index (χ4v) is 14.7. The molecule has 0 spiro atoms. The van der Waals surface area contributed by atoms with E-state index >= 15 is 4.39 Å². The number of aryl methyl sites for hydroxylation is 2. The van der Waals surface area contributed by atoms with Gasteiger partial charge in [0.2, 0.25) is 11.8 Å². The zero-order chi connectivity index (χ0) is 65.8. The number of carboxylic acid groups (broad SMARTS) is 1. The zero-order valence-electron chi connectivity index (χ0n) is 53.0. The van der Waals surface area contributed by atoms with Gasteiger partial charge < -0.3 is 45.4 Å². The number of aliphatic hydroxyl groups excluding tert-OH is 1. The summed E-state index contributed by atoms with van der Waals surface area (Å²) < 4.78 is 43.5. The summed E-state index contributed by atoms with van der Waals surface area (Å²) in [4.78, 5) is 76.4. The topological polar surface area (TPSA) is 241 Å². The molecule has 5 N–H and O–H groups in total. The van der Waals surface area contributed by atoms with Crippen LogP contribution in [-0.2, 0) is 46.9 Å². The zero-order valence-corrected chi connectivity index (χ0v) is 55.4. The Morgan fingerprint density at radius 3 is 2.40 bits per heavy atom. The first kappa shape index (κ1) is 65.5. The van der Waals surface area contributed by atoms with Crippen molar-refractivity contribution in [1.29, 1.82) is 0 Å². The average molecular weight is 1330 g/mol. The van der Waals surface area contributed by atoms with Gasteiger partial charge in [0.15, 0.2) is 44.8 Å². The molecule has 1 saturated carbocycles. The number of carboxylic acids is 1.